The third-order valence-corrected chi connectivity index (χ3v) is 3.48. The Morgan fingerprint density at radius 2 is 1.95 bits per heavy atom. The summed E-state index contributed by atoms with van der Waals surface area (Å²) in [5.41, 5.74) is 2.34. The van der Waals surface area contributed by atoms with Crippen molar-refractivity contribution in [2.24, 2.45) is 0 Å². The minimum atomic E-state index is -0.237. The molecule has 4 nitrogen and oxygen atoms in total. The molecule has 0 atom stereocenters. The van der Waals surface area contributed by atoms with E-state index in [1.807, 2.05) is 30.3 Å². The van der Waals surface area contributed by atoms with Gasteiger partial charge in [0.1, 0.15) is 5.82 Å². The maximum atomic E-state index is 13.7. The average molecular weight is 348 g/mol. The van der Waals surface area contributed by atoms with Crippen LogP contribution in [0.4, 0.5) is 10.1 Å². The van der Waals surface area contributed by atoms with Crippen LogP contribution in [0.25, 0.3) is 11.5 Å². The zero-order valence-corrected chi connectivity index (χ0v) is 12.5. The Balaban J connectivity index is 1.68. The summed E-state index contributed by atoms with van der Waals surface area (Å²) < 4.78 is 19.6. The first-order valence-corrected chi connectivity index (χ1v) is 7.06. The summed E-state index contributed by atoms with van der Waals surface area (Å²) in [4.78, 5) is 0. The van der Waals surface area contributed by atoms with E-state index in [0.29, 0.717) is 18.0 Å². The summed E-state index contributed by atoms with van der Waals surface area (Å²) in [6, 6.07) is 12.5. The number of hydrogen-bond donors (Lipinski definition) is 1. The maximum absolute atomic E-state index is 13.7. The van der Waals surface area contributed by atoms with Crippen LogP contribution in [-0.4, -0.2) is 10.2 Å². The van der Waals surface area contributed by atoms with Gasteiger partial charge in [-0.3, -0.25) is 0 Å². The fourth-order valence-electron chi connectivity index (χ4n) is 1.89. The number of nitrogens with zero attached hydrogens (tertiary/aromatic N) is 2. The number of halogens is 2. The zero-order valence-electron chi connectivity index (χ0n) is 10.9. The number of nitrogens with one attached hydrogen (secondary N) is 1. The van der Waals surface area contributed by atoms with Crippen LogP contribution in [0.15, 0.2) is 57.7 Å². The van der Waals surface area contributed by atoms with Crippen LogP contribution in [0.1, 0.15) is 5.56 Å². The third kappa shape index (κ3) is 3.28. The third-order valence-electron chi connectivity index (χ3n) is 2.99. The van der Waals surface area contributed by atoms with Crippen LogP contribution in [-0.2, 0) is 6.54 Å². The maximum Gasteiger partial charge on any atom is 0.247 e. The van der Waals surface area contributed by atoms with Gasteiger partial charge in [-0.25, -0.2) is 4.39 Å². The second kappa shape index (κ2) is 6.05. The predicted octanol–water partition coefficient (Wildman–Crippen LogP) is 4.25. The van der Waals surface area contributed by atoms with Crippen molar-refractivity contribution in [3.05, 3.63) is 64.7 Å². The molecule has 0 radical (unpaired) electrons. The molecule has 0 amide bonds. The summed E-state index contributed by atoms with van der Waals surface area (Å²) in [5, 5.41) is 10.6. The molecular weight excluding hydrogens is 337 g/mol. The molecule has 3 aromatic rings. The lowest BCUT2D eigenvalue weighted by Gasteiger charge is -2.08. The van der Waals surface area contributed by atoms with E-state index in [1.54, 1.807) is 6.07 Å². The van der Waals surface area contributed by atoms with Crippen LogP contribution < -0.4 is 5.32 Å². The lowest BCUT2D eigenvalue weighted by Crippen LogP contribution is -2.01. The van der Waals surface area contributed by atoms with Crippen LogP contribution >= 0.6 is 15.9 Å². The lowest BCUT2D eigenvalue weighted by molar-refractivity contribution is 0.568. The number of benzene rings is 2. The van der Waals surface area contributed by atoms with Gasteiger partial charge in [0.15, 0.2) is 0 Å². The lowest BCUT2D eigenvalue weighted by atomic mass is 10.2. The second-order valence-electron chi connectivity index (χ2n) is 4.41. The van der Waals surface area contributed by atoms with E-state index in [0.717, 1.165) is 15.7 Å². The molecule has 0 aliphatic heterocycles. The van der Waals surface area contributed by atoms with Gasteiger partial charge < -0.3 is 9.73 Å². The minimum Gasteiger partial charge on any atom is -0.423 e. The number of hydrogen-bond acceptors (Lipinski definition) is 4. The minimum absolute atomic E-state index is 0.237. The van der Waals surface area contributed by atoms with Gasteiger partial charge in [-0.2, -0.15) is 0 Å². The predicted molar refractivity (Wildman–Crippen MR) is 81.2 cm³/mol. The SMILES string of the molecule is Fc1cc(Br)ccc1CNc1ccc(-c2nnco2)cc1. The van der Waals surface area contributed by atoms with E-state index in [1.165, 1.54) is 12.5 Å². The average Bonchev–Trinajstić information content (AvgIpc) is 3.01. The van der Waals surface area contributed by atoms with Gasteiger partial charge in [0.2, 0.25) is 12.3 Å². The summed E-state index contributed by atoms with van der Waals surface area (Å²) in [6.45, 7) is 0.416. The van der Waals surface area contributed by atoms with Crippen molar-refractivity contribution in [3.8, 4) is 11.5 Å². The molecular formula is C15H11BrFN3O. The van der Waals surface area contributed by atoms with Gasteiger partial charge in [0.25, 0.3) is 0 Å². The second-order valence-corrected chi connectivity index (χ2v) is 5.33. The van der Waals surface area contributed by atoms with E-state index in [-0.39, 0.29) is 5.82 Å². The molecule has 1 N–H and O–H groups in total. The normalized spacial score (nSPS) is 10.6. The Morgan fingerprint density at radius 1 is 1.14 bits per heavy atom. The molecule has 0 spiro atoms. The summed E-state index contributed by atoms with van der Waals surface area (Å²) in [6.07, 6.45) is 1.29. The number of aromatic nitrogens is 2. The smallest absolute Gasteiger partial charge is 0.247 e. The molecule has 2 aromatic carbocycles. The molecule has 1 heterocycles. The molecule has 106 valence electrons. The Labute approximate surface area is 129 Å². The van der Waals surface area contributed by atoms with Gasteiger partial charge in [0.05, 0.1) is 0 Å². The molecule has 6 heteroatoms. The highest BCUT2D eigenvalue weighted by Gasteiger charge is 2.05. The molecule has 0 saturated heterocycles. The molecule has 0 unspecified atom stereocenters. The van der Waals surface area contributed by atoms with Crippen molar-refractivity contribution in [1.82, 2.24) is 10.2 Å². The van der Waals surface area contributed by atoms with Gasteiger partial charge in [-0.1, -0.05) is 22.0 Å². The van der Waals surface area contributed by atoms with E-state index >= 15 is 0 Å². The van der Waals surface area contributed by atoms with Gasteiger partial charge in [-0.05, 0) is 36.4 Å². The zero-order chi connectivity index (χ0) is 14.7. The standard InChI is InChI=1S/C15H11BrFN3O/c16-12-4-1-11(14(17)7-12)8-18-13-5-2-10(3-6-13)15-20-19-9-21-15/h1-7,9,18H,8H2. The Bertz CT molecular complexity index is 729. The molecule has 21 heavy (non-hydrogen) atoms. The van der Waals surface area contributed by atoms with Crippen molar-refractivity contribution in [1.29, 1.82) is 0 Å². The molecule has 0 aliphatic rings. The summed E-state index contributed by atoms with van der Waals surface area (Å²) in [7, 11) is 0. The largest absolute Gasteiger partial charge is 0.423 e. The van der Waals surface area contributed by atoms with Crippen molar-refractivity contribution in [3.63, 3.8) is 0 Å². The topological polar surface area (TPSA) is 51.0 Å². The molecule has 1 aromatic heterocycles. The van der Waals surface area contributed by atoms with Crippen LogP contribution in [0.2, 0.25) is 0 Å². The van der Waals surface area contributed by atoms with E-state index in [9.17, 15) is 4.39 Å². The highest BCUT2D eigenvalue weighted by atomic mass is 79.9. The van der Waals surface area contributed by atoms with Crippen LogP contribution in [0.3, 0.4) is 0 Å². The highest BCUT2D eigenvalue weighted by Crippen LogP contribution is 2.20. The first-order chi connectivity index (χ1) is 10.2. The molecule has 0 aliphatic carbocycles. The fraction of sp³-hybridized carbons (Fsp3) is 0.0667. The van der Waals surface area contributed by atoms with Crippen LogP contribution in [0, 0.1) is 5.82 Å². The van der Waals surface area contributed by atoms with Crippen molar-refractivity contribution < 1.29 is 8.81 Å². The summed E-state index contributed by atoms with van der Waals surface area (Å²) >= 11 is 3.24. The van der Waals surface area contributed by atoms with E-state index in [2.05, 4.69) is 31.4 Å². The quantitative estimate of drug-likeness (QED) is 0.766. The molecule has 3 rings (SSSR count). The van der Waals surface area contributed by atoms with Crippen molar-refractivity contribution in [2.45, 2.75) is 6.54 Å². The highest BCUT2D eigenvalue weighted by molar-refractivity contribution is 9.10. The first kappa shape index (κ1) is 13.8. The van der Waals surface area contributed by atoms with Gasteiger partial charge in [0, 0.05) is 27.8 Å². The first-order valence-electron chi connectivity index (χ1n) is 6.27. The van der Waals surface area contributed by atoms with Crippen LogP contribution in [0.5, 0.6) is 0 Å². The summed E-state index contributed by atoms with van der Waals surface area (Å²) in [5.74, 6) is 0.236. The molecule has 0 fully saturated rings. The molecule has 0 bridgehead atoms. The van der Waals surface area contributed by atoms with Crippen molar-refractivity contribution >= 4 is 21.6 Å². The molecule has 0 saturated carbocycles. The number of anilines is 1. The van der Waals surface area contributed by atoms with Gasteiger partial charge in [-0.15, -0.1) is 10.2 Å². The Morgan fingerprint density at radius 3 is 2.62 bits per heavy atom. The van der Waals surface area contributed by atoms with Gasteiger partial charge >= 0.3 is 0 Å². The van der Waals surface area contributed by atoms with E-state index < -0.39 is 0 Å². The Hall–Kier alpha value is -2.21. The Kier molecular flexibility index (Phi) is 3.96. The fourth-order valence-corrected chi connectivity index (χ4v) is 2.22. The number of rotatable bonds is 4. The van der Waals surface area contributed by atoms with E-state index in [4.69, 9.17) is 4.42 Å². The monoisotopic (exact) mass is 347 g/mol. The van der Waals surface area contributed by atoms with Crippen molar-refractivity contribution in [2.75, 3.05) is 5.32 Å².